The van der Waals surface area contributed by atoms with Crippen LogP contribution < -0.4 is 0 Å². The Balaban J connectivity index is 2.16. The van der Waals surface area contributed by atoms with E-state index in [0.29, 0.717) is 25.4 Å². The summed E-state index contributed by atoms with van der Waals surface area (Å²) in [5.41, 5.74) is 0. The van der Waals surface area contributed by atoms with Gasteiger partial charge in [-0.1, -0.05) is 13.3 Å². The quantitative estimate of drug-likeness (QED) is 0.768. The lowest BCUT2D eigenvalue weighted by Gasteiger charge is -2.39. The van der Waals surface area contributed by atoms with Gasteiger partial charge >= 0.3 is 5.97 Å². The number of carbonyl (C=O) groups excluding carboxylic acids is 2. The first-order chi connectivity index (χ1) is 9.49. The normalized spacial score (nSPS) is 31.9. The second-order valence-corrected chi connectivity index (χ2v) is 5.59. The van der Waals surface area contributed by atoms with E-state index in [-0.39, 0.29) is 18.2 Å². The summed E-state index contributed by atoms with van der Waals surface area (Å²) in [7, 11) is 0. The second-order valence-electron chi connectivity index (χ2n) is 5.59. The Bertz CT molecular complexity index is 423. The number of carboxylic acids is 1. The minimum Gasteiger partial charge on any atom is -0.480 e. The van der Waals surface area contributed by atoms with Crippen LogP contribution in [0.4, 0.5) is 0 Å². The number of likely N-dealkylation sites (N-methyl/N-ethyl adjacent to an activating group) is 1. The van der Waals surface area contributed by atoms with E-state index in [9.17, 15) is 19.5 Å². The first-order valence-corrected chi connectivity index (χ1v) is 7.32. The van der Waals surface area contributed by atoms with Gasteiger partial charge in [-0.05, 0) is 25.7 Å². The summed E-state index contributed by atoms with van der Waals surface area (Å²) in [4.78, 5) is 38.5. The summed E-state index contributed by atoms with van der Waals surface area (Å²) in [5.74, 6) is -0.928. The van der Waals surface area contributed by atoms with Gasteiger partial charge in [0.05, 0.1) is 12.5 Å². The predicted molar refractivity (Wildman–Crippen MR) is 71.9 cm³/mol. The number of carbonyl (C=O) groups is 3. The summed E-state index contributed by atoms with van der Waals surface area (Å²) in [6, 6.07) is -1.23. The molecule has 6 nitrogen and oxygen atoms in total. The summed E-state index contributed by atoms with van der Waals surface area (Å²) >= 11 is 0. The fourth-order valence-electron chi connectivity index (χ4n) is 3.30. The number of aliphatic carboxylic acids is 1. The van der Waals surface area contributed by atoms with Gasteiger partial charge in [0.15, 0.2) is 0 Å². The van der Waals surface area contributed by atoms with Crippen LogP contribution in [0.1, 0.15) is 39.5 Å². The zero-order valence-corrected chi connectivity index (χ0v) is 12.0. The Morgan fingerprint density at radius 2 is 2.05 bits per heavy atom. The lowest BCUT2D eigenvalue weighted by atomic mass is 9.87. The molecule has 0 spiro atoms. The molecule has 0 aromatic heterocycles. The third kappa shape index (κ3) is 2.57. The van der Waals surface area contributed by atoms with Crippen molar-refractivity contribution in [3.63, 3.8) is 0 Å². The molecule has 0 bridgehead atoms. The first-order valence-electron chi connectivity index (χ1n) is 7.32. The highest BCUT2D eigenvalue weighted by Gasteiger charge is 2.46. The minimum absolute atomic E-state index is 0.118. The Kier molecular flexibility index (Phi) is 4.42. The molecule has 0 radical (unpaired) electrons. The smallest absolute Gasteiger partial charge is 0.320 e. The molecular formula is C14H22N2O4. The summed E-state index contributed by atoms with van der Waals surface area (Å²) in [6.45, 7) is 4.76. The van der Waals surface area contributed by atoms with Crippen LogP contribution in [0.5, 0.6) is 0 Å². The van der Waals surface area contributed by atoms with Crippen molar-refractivity contribution in [3.05, 3.63) is 0 Å². The summed E-state index contributed by atoms with van der Waals surface area (Å²) < 4.78 is 0. The van der Waals surface area contributed by atoms with E-state index in [4.69, 9.17) is 0 Å². The predicted octanol–water partition coefficient (Wildman–Crippen LogP) is 0.709. The SMILES string of the molecule is CCC1CCN(C2CC(=O)N(CC)C2=O)C(C(=O)O)C1. The molecule has 0 aromatic carbocycles. The summed E-state index contributed by atoms with van der Waals surface area (Å²) in [5, 5.41) is 9.41. The topological polar surface area (TPSA) is 77.9 Å². The number of likely N-dealkylation sites (tertiary alicyclic amines) is 2. The Labute approximate surface area is 118 Å². The van der Waals surface area contributed by atoms with Gasteiger partial charge in [0.25, 0.3) is 0 Å². The average molecular weight is 282 g/mol. The standard InChI is InChI=1S/C14H22N2O4/c1-3-9-5-6-16(11(7-9)14(19)20)10-8-12(17)15(4-2)13(10)18/h9-11H,3-8H2,1-2H3,(H,19,20). The number of nitrogens with zero attached hydrogens (tertiary/aromatic N) is 2. The number of rotatable bonds is 4. The van der Waals surface area contributed by atoms with Crippen LogP contribution in [-0.4, -0.2) is 57.9 Å². The third-order valence-corrected chi connectivity index (χ3v) is 4.55. The number of hydrogen-bond acceptors (Lipinski definition) is 4. The third-order valence-electron chi connectivity index (χ3n) is 4.55. The molecule has 3 atom stereocenters. The molecule has 2 rings (SSSR count). The maximum absolute atomic E-state index is 12.2. The van der Waals surface area contributed by atoms with Crippen molar-refractivity contribution in [2.24, 2.45) is 5.92 Å². The number of imide groups is 1. The molecule has 6 heteroatoms. The van der Waals surface area contributed by atoms with Crippen LogP contribution >= 0.6 is 0 Å². The van der Waals surface area contributed by atoms with Crippen LogP contribution in [0, 0.1) is 5.92 Å². The van der Waals surface area contributed by atoms with E-state index in [1.165, 1.54) is 4.90 Å². The van der Waals surface area contributed by atoms with Crippen LogP contribution in [0.2, 0.25) is 0 Å². The second kappa shape index (κ2) is 5.91. The maximum atomic E-state index is 12.2. The summed E-state index contributed by atoms with van der Waals surface area (Å²) in [6.07, 6.45) is 2.53. The van der Waals surface area contributed by atoms with Gasteiger partial charge in [-0.15, -0.1) is 0 Å². The van der Waals surface area contributed by atoms with Crippen molar-refractivity contribution in [2.75, 3.05) is 13.1 Å². The van der Waals surface area contributed by atoms with Crippen molar-refractivity contribution in [3.8, 4) is 0 Å². The van der Waals surface area contributed by atoms with Gasteiger partial charge in [0.1, 0.15) is 6.04 Å². The van der Waals surface area contributed by atoms with Crippen molar-refractivity contribution in [1.82, 2.24) is 9.80 Å². The van der Waals surface area contributed by atoms with E-state index >= 15 is 0 Å². The lowest BCUT2D eigenvalue weighted by molar-refractivity contribution is -0.148. The average Bonchev–Trinajstić information content (AvgIpc) is 2.72. The van der Waals surface area contributed by atoms with Gasteiger partial charge in [-0.2, -0.15) is 0 Å². The molecular weight excluding hydrogens is 260 g/mol. The van der Waals surface area contributed by atoms with Crippen molar-refractivity contribution in [2.45, 2.75) is 51.6 Å². The van der Waals surface area contributed by atoms with Crippen molar-refractivity contribution in [1.29, 1.82) is 0 Å². The molecule has 2 amide bonds. The molecule has 2 saturated heterocycles. The minimum atomic E-state index is -0.890. The zero-order chi connectivity index (χ0) is 14.9. The molecule has 2 fully saturated rings. The number of piperidine rings is 1. The Morgan fingerprint density at radius 1 is 1.35 bits per heavy atom. The molecule has 1 N–H and O–H groups in total. The Morgan fingerprint density at radius 3 is 2.55 bits per heavy atom. The highest BCUT2D eigenvalue weighted by Crippen LogP contribution is 2.30. The molecule has 3 unspecified atom stereocenters. The fraction of sp³-hybridized carbons (Fsp3) is 0.786. The molecule has 2 aliphatic heterocycles. The van der Waals surface area contributed by atoms with Crippen molar-refractivity contribution < 1.29 is 19.5 Å². The van der Waals surface area contributed by atoms with Gasteiger partial charge < -0.3 is 5.11 Å². The van der Waals surface area contributed by atoms with E-state index < -0.39 is 18.1 Å². The zero-order valence-electron chi connectivity index (χ0n) is 12.0. The largest absolute Gasteiger partial charge is 0.480 e. The molecule has 2 heterocycles. The molecule has 20 heavy (non-hydrogen) atoms. The number of hydrogen-bond donors (Lipinski definition) is 1. The molecule has 0 aliphatic carbocycles. The molecule has 2 aliphatic rings. The van der Waals surface area contributed by atoms with E-state index in [0.717, 1.165) is 12.8 Å². The van der Waals surface area contributed by atoms with Crippen LogP contribution in [-0.2, 0) is 14.4 Å². The Hall–Kier alpha value is -1.43. The molecule has 112 valence electrons. The number of carboxylic acid groups (broad SMARTS) is 1. The van der Waals surface area contributed by atoms with Crippen LogP contribution in [0.15, 0.2) is 0 Å². The first kappa shape index (κ1) is 15.0. The van der Waals surface area contributed by atoms with Crippen LogP contribution in [0.25, 0.3) is 0 Å². The van der Waals surface area contributed by atoms with Gasteiger partial charge in [-0.3, -0.25) is 24.2 Å². The fourth-order valence-corrected chi connectivity index (χ4v) is 3.30. The van der Waals surface area contributed by atoms with E-state index in [1.54, 1.807) is 11.8 Å². The number of amides is 2. The molecule has 0 aromatic rings. The van der Waals surface area contributed by atoms with Gasteiger partial charge in [-0.25, -0.2) is 0 Å². The lowest BCUT2D eigenvalue weighted by Crippen LogP contribution is -2.54. The van der Waals surface area contributed by atoms with Gasteiger partial charge in [0, 0.05) is 13.1 Å². The van der Waals surface area contributed by atoms with E-state index in [2.05, 4.69) is 6.92 Å². The van der Waals surface area contributed by atoms with Crippen LogP contribution in [0.3, 0.4) is 0 Å². The van der Waals surface area contributed by atoms with E-state index in [1.807, 2.05) is 0 Å². The monoisotopic (exact) mass is 282 g/mol. The molecule has 0 saturated carbocycles. The van der Waals surface area contributed by atoms with Gasteiger partial charge in [0.2, 0.25) is 11.8 Å². The highest BCUT2D eigenvalue weighted by atomic mass is 16.4. The van der Waals surface area contributed by atoms with Crippen molar-refractivity contribution >= 4 is 17.8 Å². The highest BCUT2D eigenvalue weighted by molar-refractivity contribution is 6.05. The maximum Gasteiger partial charge on any atom is 0.320 e.